The zero-order valence-corrected chi connectivity index (χ0v) is 13.8. The summed E-state index contributed by atoms with van der Waals surface area (Å²) in [5.74, 6) is 0.967. The van der Waals surface area contributed by atoms with Gasteiger partial charge in [-0.3, -0.25) is 0 Å². The minimum absolute atomic E-state index is 0.356. The second-order valence-electron chi connectivity index (χ2n) is 4.13. The molecule has 0 unspecified atom stereocenters. The number of rotatable bonds is 4. The fraction of sp³-hybridized carbons (Fsp3) is 0.231. The summed E-state index contributed by atoms with van der Waals surface area (Å²) in [5, 5.41) is 1.17. The minimum atomic E-state index is 0.356. The number of hydrogen-bond donors (Lipinski definition) is 1. The molecule has 0 radical (unpaired) electrons. The molecular formula is C13H12BrCl2N3O. The maximum Gasteiger partial charge on any atom is 0.141 e. The normalized spacial score (nSPS) is 10.8. The lowest BCUT2D eigenvalue weighted by Crippen LogP contribution is -2.07. The first-order chi connectivity index (χ1) is 9.51. The number of hydrogen-bond acceptors (Lipinski definition) is 4. The van der Waals surface area contributed by atoms with Gasteiger partial charge in [0.25, 0.3) is 0 Å². The number of anilines is 1. The Morgan fingerprint density at radius 2 is 2.05 bits per heavy atom. The first-order valence-corrected chi connectivity index (χ1v) is 7.29. The lowest BCUT2D eigenvalue weighted by Gasteiger charge is -2.09. The highest BCUT2D eigenvalue weighted by Gasteiger charge is 2.12. The van der Waals surface area contributed by atoms with Crippen LogP contribution in [0.3, 0.4) is 0 Å². The van der Waals surface area contributed by atoms with Gasteiger partial charge in [0.2, 0.25) is 0 Å². The fourth-order valence-electron chi connectivity index (χ4n) is 1.71. The van der Waals surface area contributed by atoms with E-state index in [1.54, 1.807) is 19.2 Å². The summed E-state index contributed by atoms with van der Waals surface area (Å²) in [6, 6.07) is 5.32. The smallest absolute Gasteiger partial charge is 0.141 e. The van der Waals surface area contributed by atoms with Crippen molar-refractivity contribution in [2.75, 3.05) is 12.8 Å². The minimum Gasteiger partial charge on any atom is -0.383 e. The van der Waals surface area contributed by atoms with E-state index in [-0.39, 0.29) is 0 Å². The molecule has 0 aliphatic rings. The molecule has 0 saturated carbocycles. The van der Waals surface area contributed by atoms with Crippen molar-refractivity contribution in [2.24, 2.45) is 0 Å². The Labute approximate surface area is 135 Å². The molecule has 2 aromatic rings. The number of nitrogen functional groups attached to an aromatic ring is 1. The van der Waals surface area contributed by atoms with E-state index in [1.165, 1.54) is 0 Å². The van der Waals surface area contributed by atoms with E-state index < -0.39 is 0 Å². The van der Waals surface area contributed by atoms with E-state index in [4.69, 9.17) is 33.7 Å². The zero-order chi connectivity index (χ0) is 14.7. The predicted octanol–water partition coefficient (Wildman–Crippen LogP) is 3.87. The van der Waals surface area contributed by atoms with Crippen molar-refractivity contribution in [1.29, 1.82) is 0 Å². The Morgan fingerprint density at radius 1 is 1.30 bits per heavy atom. The standard InChI is InChI=1S/C13H12BrCl2N3O/c1-20-6-10-12(14)13(17)19-11(18-10)4-7-2-3-8(15)5-9(7)16/h2-3,5H,4,6H2,1H3,(H2,17,18,19). The summed E-state index contributed by atoms with van der Waals surface area (Å²) in [5.41, 5.74) is 7.46. The van der Waals surface area contributed by atoms with E-state index in [9.17, 15) is 0 Å². The predicted molar refractivity (Wildman–Crippen MR) is 84.1 cm³/mol. The van der Waals surface area contributed by atoms with Gasteiger partial charge in [-0.25, -0.2) is 9.97 Å². The maximum absolute atomic E-state index is 6.15. The average molecular weight is 377 g/mol. The van der Waals surface area contributed by atoms with E-state index >= 15 is 0 Å². The Balaban J connectivity index is 2.33. The molecule has 0 spiro atoms. The van der Waals surface area contributed by atoms with Crippen LogP contribution in [0.5, 0.6) is 0 Å². The molecule has 0 amide bonds. The van der Waals surface area contributed by atoms with Gasteiger partial charge in [-0.1, -0.05) is 29.3 Å². The third-order valence-corrected chi connectivity index (χ3v) is 4.09. The molecule has 1 aromatic carbocycles. The summed E-state index contributed by atoms with van der Waals surface area (Å²) in [6.45, 7) is 0.356. The lowest BCUT2D eigenvalue weighted by molar-refractivity contribution is 0.180. The lowest BCUT2D eigenvalue weighted by atomic mass is 10.1. The van der Waals surface area contributed by atoms with E-state index in [2.05, 4.69) is 25.9 Å². The van der Waals surface area contributed by atoms with Crippen LogP contribution in [-0.2, 0) is 17.8 Å². The highest BCUT2D eigenvalue weighted by Crippen LogP contribution is 2.25. The van der Waals surface area contributed by atoms with Gasteiger partial charge < -0.3 is 10.5 Å². The summed E-state index contributed by atoms with van der Waals surface area (Å²) >= 11 is 15.4. The van der Waals surface area contributed by atoms with Gasteiger partial charge in [0, 0.05) is 23.6 Å². The molecule has 0 saturated heterocycles. The number of halogens is 3. The Bertz CT molecular complexity index is 637. The van der Waals surface area contributed by atoms with Gasteiger partial charge in [-0.15, -0.1) is 0 Å². The van der Waals surface area contributed by atoms with E-state index in [0.29, 0.717) is 44.9 Å². The number of benzene rings is 1. The maximum atomic E-state index is 6.15. The molecule has 4 nitrogen and oxygen atoms in total. The van der Waals surface area contributed by atoms with Crippen molar-refractivity contribution >= 4 is 44.9 Å². The highest BCUT2D eigenvalue weighted by atomic mass is 79.9. The van der Waals surface area contributed by atoms with Crippen molar-refractivity contribution in [3.63, 3.8) is 0 Å². The monoisotopic (exact) mass is 375 g/mol. The second-order valence-corrected chi connectivity index (χ2v) is 5.77. The molecule has 0 fully saturated rings. The van der Waals surface area contributed by atoms with Gasteiger partial charge in [0.1, 0.15) is 11.6 Å². The quantitative estimate of drug-likeness (QED) is 0.879. The first-order valence-electron chi connectivity index (χ1n) is 5.75. The molecule has 1 aromatic heterocycles. The average Bonchev–Trinajstić information content (AvgIpc) is 2.39. The van der Waals surface area contributed by atoms with Crippen molar-refractivity contribution in [3.05, 3.63) is 49.8 Å². The van der Waals surface area contributed by atoms with Crippen LogP contribution in [0.15, 0.2) is 22.7 Å². The van der Waals surface area contributed by atoms with Crippen molar-refractivity contribution in [3.8, 4) is 0 Å². The largest absolute Gasteiger partial charge is 0.383 e. The van der Waals surface area contributed by atoms with Crippen molar-refractivity contribution in [1.82, 2.24) is 9.97 Å². The first kappa shape index (κ1) is 15.5. The highest BCUT2D eigenvalue weighted by molar-refractivity contribution is 9.10. The molecule has 2 rings (SSSR count). The van der Waals surface area contributed by atoms with Gasteiger partial charge >= 0.3 is 0 Å². The molecular weight excluding hydrogens is 365 g/mol. The van der Waals surface area contributed by atoms with E-state index in [0.717, 1.165) is 5.56 Å². The zero-order valence-electron chi connectivity index (χ0n) is 10.7. The van der Waals surface area contributed by atoms with Crippen molar-refractivity contribution < 1.29 is 4.74 Å². The topological polar surface area (TPSA) is 61.0 Å². The van der Waals surface area contributed by atoms with Gasteiger partial charge in [0.05, 0.1) is 16.8 Å². The number of ether oxygens (including phenoxy) is 1. The second kappa shape index (κ2) is 6.72. The van der Waals surface area contributed by atoms with Crippen LogP contribution in [0, 0.1) is 0 Å². The number of methoxy groups -OCH3 is 1. The summed E-state index contributed by atoms with van der Waals surface area (Å²) in [4.78, 5) is 8.67. The van der Waals surface area contributed by atoms with Crippen LogP contribution in [0.4, 0.5) is 5.82 Å². The number of nitrogens with two attached hydrogens (primary N) is 1. The molecule has 106 valence electrons. The third-order valence-electron chi connectivity index (χ3n) is 2.64. The van der Waals surface area contributed by atoms with Crippen LogP contribution in [0.2, 0.25) is 10.0 Å². The van der Waals surface area contributed by atoms with Crippen LogP contribution in [0.1, 0.15) is 17.1 Å². The van der Waals surface area contributed by atoms with Crippen LogP contribution < -0.4 is 5.73 Å². The Hall–Kier alpha value is -0.880. The molecule has 20 heavy (non-hydrogen) atoms. The van der Waals surface area contributed by atoms with Crippen LogP contribution >= 0.6 is 39.1 Å². The molecule has 0 atom stereocenters. The molecule has 0 aliphatic carbocycles. The van der Waals surface area contributed by atoms with Gasteiger partial charge in [0.15, 0.2) is 0 Å². The fourth-order valence-corrected chi connectivity index (χ4v) is 2.48. The molecule has 7 heteroatoms. The van der Waals surface area contributed by atoms with Crippen molar-refractivity contribution in [2.45, 2.75) is 13.0 Å². The van der Waals surface area contributed by atoms with Gasteiger partial charge in [-0.2, -0.15) is 0 Å². The Morgan fingerprint density at radius 3 is 2.70 bits per heavy atom. The number of nitrogens with zero attached hydrogens (tertiary/aromatic N) is 2. The van der Waals surface area contributed by atoms with Gasteiger partial charge in [-0.05, 0) is 33.6 Å². The molecule has 1 heterocycles. The van der Waals surface area contributed by atoms with Crippen LogP contribution in [-0.4, -0.2) is 17.1 Å². The summed E-state index contributed by atoms with van der Waals surface area (Å²) < 4.78 is 5.75. The summed E-state index contributed by atoms with van der Waals surface area (Å²) in [7, 11) is 1.60. The number of aromatic nitrogens is 2. The molecule has 0 bridgehead atoms. The molecule has 0 aliphatic heterocycles. The summed E-state index contributed by atoms with van der Waals surface area (Å²) in [6.07, 6.45) is 0.476. The van der Waals surface area contributed by atoms with E-state index in [1.807, 2.05) is 6.07 Å². The molecule has 2 N–H and O–H groups in total. The SMILES string of the molecule is COCc1nc(Cc2ccc(Cl)cc2Cl)nc(N)c1Br. The Kier molecular flexibility index (Phi) is 5.21. The third kappa shape index (κ3) is 3.61. The van der Waals surface area contributed by atoms with Crippen LogP contribution in [0.25, 0.3) is 0 Å².